The Balaban J connectivity index is 1.82. The molecule has 2 atom stereocenters. The molecule has 0 bridgehead atoms. The van der Waals surface area contributed by atoms with Crippen molar-refractivity contribution in [2.45, 2.75) is 18.3 Å². The van der Waals surface area contributed by atoms with Crippen LogP contribution >= 0.6 is 23.1 Å². The van der Waals surface area contributed by atoms with E-state index in [-0.39, 0.29) is 22.2 Å². The van der Waals surface area contributed by atoms with Crippen molar-refractivity contribution in [1.82, 2.24) is 15.2 Å². The van der Waals surface area contributed by atoms with Crippen LogP contribution in [0.3, 0.4) is 0 Å². The van der Waals surface area contributed by atoms with E-state index in [4.69, 9.17) is 5.73 Å². The van der Waals surface area contributed by atoms with Crippen LogP contribution in [0, 0.1) is 0 Å². The van der Waals surface area contributed by atoms with Crippen molar-refractivity contribution in [3.8, 4) is 0 Å². The summed E-state index contributed by atoms with van der Waals surface area (Å²) >= 11 is 2.34. The van der Waals surface area contributed by atoms with Crippen molar-refractivity contribution in [3.05, 3.63) is 33.8 Å². The molecule has 2 amide bonds. The quantitative estimate of drug-likeness (QED) is 0.358. The smallest absolute Gasteiger partial charge is 0.352 e. The van der Waals surface area contributed by atoms with Gasteiger partial charge in [-0.1, -0.05) is 23.5 Å². The molecule has 0 radical (unpaired) electrons. The summed E-state index contributed by atoms with van der Waals surface area (Å²) in [6.45, 7) is 5.41. The number of carboxylic acids is 1. The first kappa shape index (κ1) is 18.9. The Bertz CT molecular complexity index is 921. The lowest BCUT2D eigenvalue weighted by atomic mass is 10.0. The first-order chi connectivity index (χ1) is 12.8. The van der Waals surface area contributed by atoms with Crippen molar-refractivity contribution >= 4 is 51.7 Å². The van der Waals surface area contributed by atoms with E-state index < -0.39 is 29.2 Å². The third-order valence-corrected chi connectivity index (χ3v) is 5.96. The number of aromatic nitrogens is 1. The highest BCUT2D eigenvalue weighted by Crippen LogP contribution is 2.45. The number of nitrogens with two attached hydrogens (primary N) is 1. The van der Waals surface area contributed by atoms with Gasteiger partial charge in [-0.3, -0.25) is 14.5 Å². The van der Waals surface area contributed by atoms with Crippen molar-refractivity contribution in [3.63, 3.8) is 0 Å². The Morgan fingerprint density at radius 2 is 2.22 bits per heavy atom. The second-order valence-electron chi connectivity index (χ2n) is 5.56. The van der Waals surface area contributed by atoms with Crippen LogP contribution < -0.4 is 11.1 Å². The Hall–Kier alpha value is -2.86. The second-order valence-corrected chi connectivity index (χ2v) is 7.66. The van der Waals surface area contributed by atoms with Crippen LogP contribution in [0.4, 0.5) is 5.13 Å². The van der Waals surface area contributed by atoms with E-state index in [0.717, 1.165) is 16.2 Å². The zero-order chi connectivity index (χ0) is 19.9. The molecule has 3 rings (SSSR count). The number of hydrogen-bond donors (Lipinski definition) is 3. The van der Waals surface area contributed by atoms with Gasteiger partial charge in [-0.05, 0) is 12.5 Å². The Morgan fingerprint density at radius 3 is 2.78 bits per heavy atom. The molecule has 0 aliphatic carbocycles. The van der Waals surface area contributed by atoms with E-state index in [1.165, 1.54) is 24.3 Å². The molecule has 1 aromatic heterocycles. The Morgan fingerprint density at radius 1 is 1.52 bits per heavy atom. The Kier molecular flexibility index (Phi) is 4.93. The molecule has 1 saturated heterocycles. The number of aliphatic carboxylic acids is 1. The van der Waals surface area contributed by atoms with Crippen LogP contribution in [0.2, 0.25) is 0 Å². The normalized spacial score (nSPS) is 22.3. The van der Waals surface area contributed by atoms with Crippen molar-refractivity contribution in [2.75, 3.05) is 12.8 Å². The van der Waals surface area contributed by atoms with Gasteiger partial charge in [0.15, 0.2) is 10.8 Å². The minimum atomic E-state index is -1.23. The number of anilines is 1. The van der Waals surface area contributed by atoms with Crippen molar-refractivity contribution in [1.29, 1.82) is 0 Å². The van der Waals surface area contributed by atoms with E-state index in [1.54, 1.807) is 6.92 Å². The molecule has 4 N–H and O–H groups in total. The van der Waals surface area contributed by atoms with Crippen LogP contribution in [0.15, 0.2) is 33.3 Å². The number of thiazole rings is 1. The SMILES string of the molecule is C=C1S[C@@H]2[C@H](NC(=O)/C(=N\OC)c3csc(N)n3)C(=O)N2C(C(=O)O)=C1C. The lowest BCUT2D eigenvalue weighted by Gasteiger charge is -2.49. The number of fused-ring (bicyclic) bond motifs is 1. The van der Waals surface area contributed by atoms with E-state index in [0.29, 0.717) is 10.5 Å². The van der Waals surface area contributed by atoms with Crippen LogP contribution in [-0.2, 0) is 19.2 Å². The molecule has 2 aliphatic rings. The summed E-state index contributed by atoms with van der Waals surface area (Å²) < 4.78 is 0. The van der Waals surface area contributed by atoms with Gasteiger partial charge >= 0.3 is 5.97 Å². The third-order valence-electron chi connectivity index (χ3n) is 3.97. The van der Waals surface area contributed by atoms with Crippen LogP contribution in [0.1, 0.15) is 12.6 Å². The van der Waals surface area contributed by atoms with Gasteiger partial charge in [0, 0.05) is 10.3 Å². The monoisotopic (exact) mass is 409 g/mol. The average Bonchev–Trinajstić information content (AvgIpc) is 3.05. The summed E-state index contributed by atoms with van der Waals surface area (Å²) in [5.74, 6) is -2.44. The predicted octanol–water partition coefficient (Wildman–Crippen LogP) is 0.348. The summed E-state index contributed by atoms with van der Waals surface area (Å²) in [5, 5.41) is 16.8. The van der Waals surface area contributed by atoms with Crippen molar-refractivity contribution in [2.24, 2.45) is 5.16 Å². The summed E-state index contributed by atoms with van der Waals surface area (Å²) in [7, 11) is 1.27. The second kappa shape index (κ2) is 7.04. The summed E-state index contributed by atoms with van der Waals surface area (Å²) in [5.41, 5.74) is 5.94. The average molecular weight is 409 g/mol. The number of thioether (sulfide) groups is 1. The van der Waals surface area contributed by atoms with Crippen LogP contribution in [-0.4, -0.2) is 57.0 Å². The molecular formula is C15H15N5O5S2. The fourth-order valence-electron chi connectivity index (χ4n) is 2.67. The van der Waals surface area contributed by atoms with Gasteiger partial charge in [0.2, 0.25) is 0 Å². The minimum absolute atomic E-state index is 0.127. The summed E-state index contributed by atoms with van der Waals surface area (Å²) in [6.07, 6.45) is 0. The van der Waals surface area contributed by atoms with Gasteiger partial charge in [-0.2, -0.15) is 0 Å². The third kappa shape index (κ3) is 3.17. The number of nitrogens with one attached hydrogen (secondary N) is 1. The van der Waals surface area contributed by atoms with E-state index in [9.17, 15) is 19.5 Å². The largest absolute Gasteiger partial charge is 0.477 e. The topological polar surface area (TPSA) is 147 Å². The van der Waals surface area contributed by atoms with E-state index in [1.807, 2.05) is 0 Å². The predicted molar refractivity (Wildman–Crippen MR) is 99.7 cm³/mol. The fourth-order valence-corrected chi connectivity index (χ4v) is 4.42. The van der Waals surface area contributed by atoms with Crippen molar-refractivity contribution < 1.29 is 24.3 Å². The standard InChI is InChI=1S/C15H15N5O5S2/c1-5-6(2)27-13-9(12(22)20(13)10(5)14(23)24)18-11(21)8(19-25-3)7-4-26-15(16)17-7/h4,9,13H,2H2,1,3H3,(H2,16,17)(H,18,21)(H,23,24)/b19-8-/t9-,13-/m1/s1. The van der Waals surface area contributed by atoms with Gasteiger partial charge in [0.25, 0.3) is 11.8 Å². The number of nitrogens with zero attached hydrogens (tertiary/aromatic N) is 3. The summed E-state index contributed by atoms with van der Waals surface area (Å²) in [4.78, 5) is 46.9. The first-order valence-electron chi connectivity index (χ1n) is 7.52. The molecular weight excluding hydrogens is 394 g/mol. The molecule has 0 unspecified atom stereocenters. The van der Waals surface area contributed by atoms with Gasteiger partial charge in [-0.25, -0.2) is 9.78 Å². The lowest BCUT2D eigenvalue weighted by molar-refractivity contribution is -0.150. The van der Waals surface area contributed by atoms with E-state index in [2.05, 4.69) is 26.9 Å². The number of carboxylic acid groups (broad SMARTS) is 1. The zero-order valence-electron chi connectivity index (χ0n) is 14.3. The molecule has 3 heterocycles. The maximum atomic E-state index is 12.6. The number of oxime groups is 1. The molecule has 0 spiro atoms. The fraction of sp³-hybridized carbons (Fsp3) is 0.267. The number of β-lactam (4-membered cyclic amide) rings is 1. The highest BCUT2D eigenvalue weighted by atomic mass is 32.2. The number of allylic oxidation sites excluding steroid dienone is 1. The highest BCUT2D eigenvalue weighted by Gasteiger charge is 2.54. The molecule has 0 aromatic carbocycles. The first-order valence-corrected chi connectivity index (χ1v) is 9.28. The number of carbonyl (C=O) groups is 3. The van der Waals surface area contributed by atoms with E-state index >= 15 is 0 Å². The number of nitrogen functional groups attached to an aromatic ring is 1. The summed E-state index contributed by atoms with van der Waals surface area (Å²) in [6, 6.07) is -0.931. The van der Waals surface area contributed by atoms with Crippen LogP contribution in [0.25, 0.3) is 0 Å². The maximum Gasteiger partial charge on any atom is 0.352 e. The molecule has 1 aromatic rings. The molecule has 2 aliphatic heterocycles. The minimum Gasteiger partial charge on any atom is -0.477 e. The molecule has 10 nitrogen and oxygen atoms in total. The molecule has 0 saturated carbocycles. The number of carbonyl (C=O) groups excluding carboxylic acids is 2. The maximum absolute atomic E-state index is 12.6. The molecule has 27 heavy (non-hydrogen) atoms. The molecule has 12 heteroatoms. The number of rotatable bonds is 5. The highest BCUT2D eigenvalue weighted by molar-refractivity contribution is 8.04. The zero-order valence-corrected chi connectivity index (χ0v) is 15.9. The lowest BCUT2D eigenvalue weighted by Crippen LogP contribution is -2.70. The van der Waals surface area contributed by atoms with Gasteiger partial charge < -0.3 is 21.0 Å². The number of amides is 2. The van der Waals surface area contributed by atoms with Crippen LogP contribution in [0.5, 0.6) is 0 Å². The van der Waals surface area contributed by atoms with Gasteiger partial charge in [-0.15, -0.1) is 11.3 Å². The Labute approximate surface area is 161 Å². The molecule has 1 fully saturated rings. The number of hydrogen-bond acceptors (Lipinski definition) is 9. The van der Waals surface area contributed by atoms with Gasteiger partial charge in [0.05, 0.1) is 0 Å². The molecule has 142 valence electrons. The van der Waals surface area contributed by atoms with Gasteiger partial charge in [0.1, 0.15) is 29.9 Å².